The average Bonchev–Trinajstić information content (AvgIpc) is 2.25. The quantitative estimate of drug-likeness (QED) is 0.737. The van der Waals surface area contributed by atoms with Crippen molar-refractivity contribution in [3.05, 3.63) is 0 Å². The second-order valence-electron chi connectivity index (χ2n) is 4.13. The molecule has 0 aliphatic heterocycles. The lowest BCUT2D eigenvalue weighted by Crippen LogP contribution is -2.38. The van der Waals surface area contributed by atoms with Crippen LogP contribution < -0.4 is 5.32 Å². The van der Waals surface area contributed by atoms with Gasteiger partial charge in [-0.2, -0.15) is 18.4 Å². The summed E-state index contributed by atoms with van der Waals surface area (Å²) in [6.07, 6.45) is -4.37. The Morgan fingerprint density at radius 1 is 1.35 bits per heavy atom. The molecule has 1 N–H and O–H groups in total. The highest BCUT2D eigenvalue weighted by molar-refractivity contribution is 5.84. The van der Waals surface area contributed by atoms with E-state index in [0.717, 1.165) is 0 Å². The van der Waals surface area contributed by atoms with Crippen LogP contribution in [0.5, 0.6) is 0 Å². The zero-order chi connectivity index (χ0) is 13.5. The van der Waals surface area contributed by atoms with Crippen molar-refractivity contribution in [1.29, 1.82) is 5.26 Å². The Labute approximate surface area is 99.0 Å². The van der Waals surface area contributed by atoms with Crippen LogP contribution in [0.2, 0.25) is 0 Å². The van der Waals surface area contributed by atoms with Crippen LogP contribution >= 0.6 is 0 Å². The molecule has 0 saturated heterocycles. The van der Waals surface area contributed by atoms with Crippen LogP contribution in [0.1, 0.15) is 39.5 Å². The largest absolute Gasteiger partial charge is 0.389 e. The topological polar surface area (TPSA) is 52.9 Å². The maximum Gasteiger partial charge on any atom is 0.389 e. The molecule has 0 heterocycles. The lowest BCUT2D eigenvalue weighted by Gasteiger charge is -2.18. The standard InChI is InChI=1S/C11H17F3N2O/c1-3-10(2,8-15)9(17)16-7-5-4-6-11(12,13)14/h3-7H2,1-2H3,(H,16,17). The normalized spacial score (nSPS) is 14.8. The van der Waals surface area contributed by atoms with E-state index in [-0.39, 0.29) is 19.4 Å². The zero-order valence-electron chi connectivity index (χ0n) is 10.0. The Morgan fingerprint density at radius 2 is 1.94 bits per heavy atom. The molecule has 0 bridgehead atoms. The third-order valence-electron chi connectivity index (χ3n) is 2.63. The lowest BCUT2D eigenvalue weighted by atomic mass is 9.88. The number of hydrogen-bond donors (Lipinski definition) is 1. The van der Waals surface area contributed by atoms with E-state index in [0.29, 0.717) is 6.42 Å². The zero-order valence-corrected chi connectivity index (χ0v) is 10.0. The number of halogens is 3. The Balaban J connectivity index is 3.84. The molecule has 0 fully saturated rings. The Morgan fingerprint density at radius 3 is 2.35 bits per heavy atom. The van der Waals surface area contributed by atoms with Crippen LogP contribution in [0, 0.1) is 16.7 Å². The Kier molecular flexibility index (Phi) is 6.00. The van der Waals surface area contributed by atoms with Crippen molar-refractivity contribution in [3.63, 3.8) is 0 Å². The van der Waals surface area contributed by atoms with Gasteiger partial charge in [0.25, 0.3) is 0 Å². The lowest BCUT2D eigenvalue weighted by molar-refractivity contribution is -0.135. The predicted octanol–water partition coefficient (Wildman–Crippen LogP) is 2.78. The van der Waals surface area contributed by atoms with E-state index in [4.69, 9.17) is 5.26 Å². The van der Waals surface area contributed by atoms with E-state index in [1.807, 2.05) is 6.07 Å². The number of nitriles is 1. The summed E-state index contributed by atoms with van der Waals surface area (Å²) in [6.45, 7) is 3.40. The van der Waals surface area contributed by atoms with E-state index < -0.39 is 23.9 Å². The van der Waals surface area contributed by atoms with Crippen molar-refractivity contribution < 1.29 is 18.0 Å². The molecule has 6 heteroatoms. The summed E-state index contributed by atoms with van der Waals surface area (Å²) in [5, 5.41) is 11.3. The summed E-state index contributed by atoms with van der Waals surface area (Å²) >= 11 is 0. The fraction of sp³-hybridized carbons (Fsp3) is 0.818. The molecule has 0 saturated carbocycles. The SMILES string of the molecule is CCC(C)(C#N)C(=O)NCCCCC(F)(F)F. The van der Waals surface area contributed by atoms with Gasteiger partial charge in [-0.15, -0.1) is 0 Å². The first-order valence-corrected chi connectivity index (χ1v) is 5.51. The molecule has 0 spiro atoms. The van der Waals surface area contributed by atoms with Gasteiger partial charge in [-0.1, -0.05) is 6.92 Å². The summed E-state index contributed by atoms with van der Waals surface area (Å²) in [5.41, 5.74) is -1.09. The molecule has 1 unspecified atom stereocenters. The highest BCUT2D eigenvalue weighted by Gasteiger charge is 2.31. The third kappa shape index (κ3) is 6.15. The number of carbonyl (C=O) groups is 1. The number of carbonyl (C=O) groups excluding carboxylic acids is 1. The average molecular weight is 250 g/mol. The molecule has 3 nitrogen and oxygen atoms in total. The van der Waals surface area contributed by atoms with Crippen LogP contribution in [0.3, 0.4) is 0 Å². The molecule has 0 aromatic carbocycles. The van der Waals surface area contributed by atoms with Gasteiger partial charge in [-0.3, -0.25) is 4.79 Å². The van der Waals surface area contributed by atoms with Gasteiger partial charge in [-0.05, 0) is 26.2 Å². The van der Waals surface area contributed by atoms with Gasteiger partial charge in [0.1, 0.15) is 5.41 Å². The summed E-state index contributed by atoms with van der Waals surface area (Å²) in [6, 6.07) is 1.90. The molecule has 0 rings (SSSR count). The molecule has 1 amide bonds. The molecule has 17 heavy (non-hydrogen) atoms. The summed E-state index contributed by atoms with van der Waals surface area (Å²) < 4.78 is 35.4. The van der Waals surface area contributed by atoms with Gasteiger partial charge in [0, 0.05) is 13.0 Å². The van der Waals surface area contributed by atoms with Crippen molar-refractivity contribution in [1.82, 2.24) is 5.32 Å². The van der Waals surface area contributed by atoms with Crippen LogP contribution in [-0.2, 0) is 4.79 Å². The molecule has 0 aromatic rings. The molecule has 0 aliphatic carbocycles. The predicted molar refractivity (Wildman–Crippen MR) is 56.9 cm³/mol. The first kappa shape index (κ1) is 15.8. The molecular weight excluding hydrogens is 233 g/mol. The number of nitrogens with zero attached hydrogens (tertiary/aromatic N) is 1. The van der Waals surface area contributed by atoms with Crippen LogP contribution in [0.25, 0.3) is 0 Å². The fourth-order valence-electron chi connectivity index (χ4n) is 1.14. The number of rotatable bonds is 6. The van der Waals surface area contributed by atoms with Crippen molar-refractivity contribution in [2.24, 2.45) is 5.41 Å². The molecule has 0 radical (unpaired) electrons. The summed E-state index contributed by atoms with van der Waals surface area (Å²) in [7, 11) is 0. The molecule has 98 valence electrons. The van der Waals surface area contributed by atoms with Crippen LogP contribution in [-0.4, -0.2) is 18.6 Å². The molecule has 1 atom stereocenters. The summed E-state index contributed by atoms with van der Waals surface area (Å²) in [4.78, 5) is 11.5. The fourth-order valence-corrected chi connectivity index (χ4v) is 1.14. The van der Waals surface area contributed by atoms with E-state index in [2.05, 4.69) is 5.32 Å². The molecule has 0 aliphatic rings. The minimum atomic E-state index is -4.14. The smallest absolute Gasteiger partial charge is 0.355 e. The van der Waals surface area contributed by atoms with Gasteiger partial charge in [-0.25, -0.2) is 0 Å². The van der Waals surface area contributed by atoms with Crippen LogP contribution in [0.15, 0.2) is 0 Å². The highest BCUT2D eigenvalue weighted by atomic mass is 19.4. The monoisotopic (exact) mass is 250 g/mol. The summed E-state index contributed by atoms with van der Waals surface area (Å²) in [5.74, 6) is -0.422. The van der Waals surface area contributed by atoms with Gasteiger partial charge < -0.3 is 5.32 Å². The van der Waals surface area contributed by atoms with Crippen molar-refractivity contribution in [3.8, 4) is 6.07 Å². The minimum absolute atomic E-state index is 0.0147. The Hall–Kier alpha value is -1.25. The van der Waals surface area contributed by atoms with Gasteiger partial charge in [0.15, 0.2) is 0 Å². The molecular formula is C11H17F3N2O. The van der Waals surface area contributed by atoms with Crippen molar-refractivity contribution >= 4 is 5.91 Å². The number of amides is 1. The second-order valence-corrected chi connectivity index (χ2v) is 4.13. The molecule has 0 aromatic heterocycles. The van der Waals surface area contributed by atoms with Crippen molar-refractivity contribution in [2.75, 3.05) is 6.54 Å². The minimum Gasteiger partial charge on any atom is -0.355 e. The van der Waals surface area contributed by atoms with Crippen LogP contribution in [0.4, 0.5) is 13.2 Å². The van der Waals surface area contributed by atoms with Crippen molar-refractivity contribution in [2.45, 2.75) is 45.7 Å². The maximum absolute atomic E-state index is 11.8. The number of unbranched alkanes of at least 4 members (excludes halogenated alkanes) is 1. The van der Waals surface area contributed by atoms with Gasteiger partial charge >= 0.3 is 6.18 Å². The van der Waals surface area contributed by atoms with E-state index in [9.17, 15) is 18.0 Å². The first-order valence-electron chi connectivity index (χ1n) is 5.51. The van der Waals surface area contributed by atoms with E-state index >= 15 is 0 Å². The highest BCUT2D eigenvalue weighted by Crippen LogP contribution is 2.22. The second kappa shape index (κ2) is 6.48. The maximum atomic E-state index is 11.8. The number of alkyl halides is 3. The number of nitrogens with one attached hydrogen (secondary N) is 1. The third-order valence-corrected chi connectivity index (χ3v) is 2.63. The Bertz CT molecular complexity index is 296. The van der Waals surface area contributed by atoms with E-state index in [1.165, 1.54) is 6.92 Å². The number of hydrogen-bond acceptors (Lipinski definition) is 2. The van der Waals surface area contributed by atoms with Gasteiger partial charge in [0.05, 0.1) is 6.07 Å². The first-order chi connectivity index (χ1) is 7.75. The van der Waals surface area contributed by atoms with E-state index in [1.54, 1.807) is 6.92 Å². The van der Waals surface area contributed by atoms with Gasteiger partial charge in [0.2, 0.25) is 5.91 Å².